The Morgan fingerprint density at radius 1 is 1.04 bits per heavy atom. The molecule has 0 saturated heterocycles. The second-order valence-electron chi connectivity index (χ2n) is 5.95. The molecule has 2 aromatic rings. The molecule has 2 rings (SSSR count). The smallest absolute Gasteiger partial charge is 0.241 e. The average molecular weight is 360 g/mol. The molecule has 0 aromatic heterocycles. The van der Waals surface area contributed by atoms with Gasteiger partial charge in [-0.1, -0.05) is 55.0 Å². The first-order chi connectivity index (χ1) is 11.9. The fourth-order valence-corrected chi connectivity index (χ4v) is 3.63. The predicted molar refractivity (Wildman–Crippen MR) is 98.6 cm³/mol. The van der Waals surface area contributed by atoms with E-state index in [4.69, 9.17) is 0 Å². The third-order valence-electron chi connectivity index (χ3n) is 3.79. The number of amides is 1. The molecule has 6 heteroatoms. The molecular weight excluding hydrogens is 336 g/mol. The molecule has 0 aliphatic rings. The summed E-state index contributed by atoms with van der Waals surface area (Å²) in [6.07, 6.45) is 0.881. The monoisotopic (exact) mass is 360 g/mol. The highest BCUT2D eigenvalue weighted by Crippen LogP contribution is 2.20. The van der Waals surface area contributed by atoms with Crippen LogP contribution in [-0.4, -0.2) is 20.9 Å². The van der Waals surface area contributed by atoms with Gasteiger partial charge in [-0.15, -0.1) is 0 Å². The minimum atomic E-state index is -3.72. The lowest BCUT2D eigenvalue weighted by molar-refractivity contribution is -0.121. The number of carbonyl (C=O) groups excluding carboxylic acids is 1. The largest absolute Gasteiger partial charge is 0.356 e. The molecule has 2 N–H and O–H groups in total. The molecule has 2 aromatic carbocycles. The fraction of sp³-hybridized carbons (Fsp3) is 0.316. The molecule has 1 amide bonds. The van der Waals surface area contributed by atoms with Gasteiger partial charge in [-0.05, 0) is 31.0 Å². The maximum absolute atomic E-state index is 12.7. The van der Waals surface area contributed by atoms with Crippen molar-refractivity contribution in [1.29, 1.82) is 0 Å². The lowest BCUT2D eigenvalue weighted by Crippen LogP contribution is -2.34. The van der Waals surface area contributed by atoms with Gasteiger partial charge < -0.3 is 5.32 Å². The molecule has 0 aliphatic carbocycles. The van der Waals surface area contributed by atoms with Crippen molar-refractivity contribution in [1.82, 2.24) is 10.0 Å². The van der Waals surface area contributed by atoms with Crippen molar-refractivity contribution in [3.63, 3.8) is 0 Å². The van der Waals surface area contributed by atoms with Crippen LogP contribution in [0.5, 0.6) is 0 Å². The molecule has 0 aliphatic heterocycles. The van der Waals surface area contributed by atoms with E-state index in [0.29, 0.717) is 6.54 Å². The van der Waals surface area contributed by atoms with E-state index < -0.39 is 16.1 Å². The van der Waals surface area contributed by atoms with Gasteiger partial charge in [0.15, 0.2) is 0 Å². The number of hydrogen-bond acceptors (Lipinski definition) is 3. The number of benzene rings is 2. The van der Waals surface area contributed by atoms with Gasteiger partial charge in [0.05, 0.1) is 10.9 Å². The second kappa shape index (κ2) is 8.78. The van der Waals surface area contributed by atoms with Gasteiger partial charge in [-0.3, -0.25) is 4.79 Å². The number of rotatable bonds is 8. The summed E-state index contributed by atoms with van der Waals surface area (Å²) in [5, 5.41) is 2.79. The molecule has 0 heterocycles. The van der Waals surface area contributed by atoms with E-state index in [1.54, 1.807) is 24.3 Å². The standard InChI is InChI=1S/C19H24N2O3S/c1-3-13-20-19(22)14-18(16-7-5-4-6-8-16)21-25(23,24)17-11-9-15(2)10-12-17/h4-12,18,21H,3,13-14H2,1-2H3,(H,20,22)/t18-/m1/s1. The Kier molecular flexibility index (Phi) is 6.73. The summed E-state index contributed by atoms with van der Waals surface area (Å²) in [6, 6.07) is 15.1. The minimum Gasteiger partial charge on any atom is -0.356 e. The molecule has 134 valence electrons. The summed E-state index contributed by atoms with van der Waals surface area (Å²) in [5.74, 6) is -0.178. The van der Waals surface area contributed by atoms with Crippen LogP contribution in [0.4, 0.5) is 0 Å². The lowest BCUT2D eigenvalue weighted by atomic mass is 10.0. The fourth-order valence-electron chi connectivity index (χ4n) is 2.41. The highest BCUT2D eigenvalue weighted by molar-refractivity contribution is 7.89. The topological polar surface area (TPSA) is 75.3 Å². The molecule has 0 unspecified atom stereocenters. The van der Waals surface area contributed by atoms with Crippen molar-refractivity contribution in [2.24, 2.45) is 0 Å². The number of carbonyl (C=O) groups is 1. The first-order valence-corrected chi connectivity index (χ1v) is 9.81. The first-order valence-electron chi connectivity index (χ1n) is 8.33. The number of hydrogen-bond donors (Lipinski definition) is 2. The molecule has 0 fully saturated rings. The summed E-state index contributed by atoms with van der Waals surface area (Å²) < 4.78 is 28.0. The van der Waals surface area contributed by atoms with Crippen LogP contribution in [-0.2, 0) is 14.8 Å². The summed E-state index contributed by atoms with van der Waals surface area (Å²) in [6.45, 7) is 4.44. The predicted octanol–water partition coefficient (Wildman–Crippen LogP) is 2.93. The van der Waals surface area contributed by atoms with Gasteiger partial charge >= 0.3 is 0 Å². The Labute approximate surface area is 149 Å². The van der Waals surface area contributed by atoms with Crippen LogP contribution in [0.25, 0.3) is 0 Å². The van der Waals surface area contributed by atoms with Gasteiger partial charge in [0.2, 0.25) is 15.9 Å². The third kappa shape index (κ3) is 5.69. The van der Waals surface area contributed by atoms with Crippen LogP contribution in [0.2, 0.25) is 0 Å². The molecule has 0 saturated carbocycles. The molecule has 0 radical (unpaired) electrons. The van der Waals surface area contributed by atoms with Gasteiger partial charge in [-0.2, -0.15) is 0 Å². The quantitative estimate of drug-likeness (QED) is 0.760. The van der Waals surface area contributed by atoms with E-state index in [1.807, 2.05) is 44.2 Å². The Balaban J connectivity index is 2.23. The second-order valence-corrected chi connectivity index (χ2v) is 7.67. The van der Waals surface area contributed by atoms with Crippen LogP contribution in [0.3, 0.4) is 0 Å². The van der Waals surface area contributed by atoms with E-state index in [9.17, 15) is 13.2 Å². The van der Waals surface area contributed by atoms with Crippen LogP contribution >= 0.6 is 0 Å². The molecule has 1 atom stereocenters. The van der Waals surface area contributed by atoms with Gasteiger partial charge in [0.1, 0.15) is 0 Å². The average Bonchev–Trinajstić information content (AvgIpc) is 2.60. The zero-order chi connectivity index (χ0) is 18.3. The van der Waals surface area contributed by atoms with Crippen molar-refractivity contribution in [3.8, 4) is 0 Å². The van der Waals surface area contributed by atoms with E-state index >= 15 is 0 Å². The maximum atomic E-state index is 12.7. The van der Waals surface area contributed by atoms with Gasteiger partial charge in [0.25, 0.3) is 0 Å². The van der Waals surface area contributed by atoms with Crippen molar-refractivity contribution in [2.75, 3.05) is 6.54 Å². The van der Waals surface area contributed by atoms with Crippen LogP contribution < -0.4 is 10.0 Å². The zero-order valence-corrected chi connectivity index (χ0v) is 15.3. The summed E-state index contributed by atoms with van der Waals surface area (Å²) in [4.78, 5) is 12.3. The zero-order valence-electron chi connectivity index (χ0n) is 14.5. The maximum Gasteiger partial charge on any atom is 0.241 e. The Morgan fingerprint density at radius 3 is 2.28 bits per heavy atom. The summed E-state index contributed by atoms with van der Waals surface area (Å²) in [7, 11) is -3.72. The summed E-state index contributed by atoms with van der Waals surface area (Å²) in [5.41, 5.74) is 1.74. The molecule has 0 spiro atoms. The number of aryl methyl sites for hydroxylation is 1. The van der Waals surface area contributed by atoms with Crippen molar-refractivity contribution < 1.29 is 13.2 Å². The first kappa shape index (κ1) is 19.1. The van der Waals surface area contributed by atoms with E-state index in [0.717, 1.165) is 17.5 Å². The Morgan fingerprint density at radius 2 is 1.68 bits per heavy atom. The normalized spacial score (nSPS) is 12.6. The number of sulfonamides is 1. The van der Waals surface area contributed by atoms with Gasteiger partial charge in [-0.25, -0.2) is 13.1 Å². The highest BCUT2D eigenvalue weighted by atomic mass is 32.2. The minimum absolute atomic E-state index is 0.0507. The Hall–Kier alpha value is -2.18. The Bertz CT molecular complexity index is 787. The van der Waals surface area contributed by atoms with Gasteiger partial charge in [0, 0.05) is 13.0 Å². The lowest BCUT2D eigenvalue weighted by Gasteiger charge is -2.19. The molecule has 25 heavy (non-hydrogen) atoms. The number of nitrogens with one attached hydrogen (secondary N) is 2. The third-order valence-corrected chi connectivity index (χ3v) is 5.28. The van der Waals surface area contributed by atoms with Crippen molar-refractivity contribution in [3.05, 3.63) is 65.7 Å². The van der Waals surface area contributed by atoms with E-state index in [1.165, 1.54) is 0 Å². The van der Waals surface area contributed by atoms with Crippen LogP contribution in [0, 0.1) is 6.92 Å². The SMILES string of the molecule is CCCNC(=O)C[C@@H](NS(=O)(=O)c1ccc(C)cc1)c1ccccc1. The van der Waals surface area contributed by atoms with Crippen molar-refractivity contribution in [2.45, 2.75) is 37.6 Å². The molecule has 0 bridgehead atoms. The molecule has 5 nitrogen and oxygen atoms in total. The van der Waals surface area contributed by atoms with Crippen molar-refractivity contribution >= 4 is 15.9 Å². The van der Waals surface area contributed by atoms with Crippen LogP contribution in [0.1, 0.15) is 36.9 Å². The summed E-state index contributed by atoms with van der Waals surface area (Å²) >= 11 is 0. The van der Waals surface area contributed by atoms with E-state index in [2.05, 4.69) is 10.0 Å². The van der Waals surface area contributed by atoms with Crippen LogP contribution in [0.15, 0.2) is 59.5 Å². The highest BCUT2D eigenvalue weighted by Gasteiger charge is 2.23. The van der Waals surface area contributed by atoms with E-state index in [-0.39, 0.29) is 17.2 Å². The molecular formula is C19H24N2O3S.